The van der Waals surface area contributed by atoms with Crippen molar-refractivity contribution in [2.75, 3.05) is 0 Å². The number of hydrogen-bond acceptors (Lipinski definition) is 7. The average Bonchev–Trinajstić information content (AvgIpc) is 3.25. The van der Waals surface area contributed by atoms with Gasteiger partial charge in [-0.3, -0.25) is 0 Å². The van der Waals surface area contributed by atoms with Gasteiger partial charge in [0.1, 0.15) is 5.58 Å². The molecule has 25 heavy (non-hydrogen) atoms. The molecule has 0 saturated heterocycles. The zero-order chi connectivity index (χ0) is 17.4. The van der Waals surface area contributed by atoms with Crippen LogP contribution < -0.4 is 5.63 Å². The molecule has 0 atom stereocenters. The maximum absolute atomic E-state index is 11.8. The Labute approximate surface area is 151 Å². The summed E-state index contributed by atoms with van der Waals surface area (Å²) < 4.78 is 11.0. The summed E-state index contributed by atoms with van der Waals surface area (Å²) in [7, 11) is 0. The van der Waals surface area contributed by atoms with Gasteiger partial charge in [-0.1, -0.05) is 17.8 Å². The Morgan fingerprint density at radius 3 is 2.76 bits per heavy atom. The number of aryl methyl sites for hydroxylation is 2. The van der Waals surface area contributed by atoms with Crippen LogP contribution in [0.25, 0.3) is 21.7 Å². The molecule has 4 aromatic rings. The molecule has 0 aliphatic carbocycles. The molecule has 0 saturated carbocycles. The highest BCUT2D eigenvalue weighted by Crippen LogP contribution is 2.30. The predicted molar refractivity (Wildman–Crippen MR) is 99.1 cm³/mol. The van der Waals surface area contributed by atoms with Gasteiger partial charge >= 0.3 is 5.63 Å². The molecular weight excluding hydrogens is 356 g/mol. The van der Waals surface area contributed by atoms with Crippen molar-refractivity contribution < 1.29 is 8.83 Å². The Morgan fingerprint density at radius 2 is 1.96 bits per heavy atom. The Bertz CT molecular complexity index is 1100. The highest BCUT2D eigenvalue weighted by molar-refractivity contribution is 7.98. The number of fused-ring (bicyclic) bond motifs is 1. The fraction of sp³-hybridized carbons (Fsp3) is 0.167. The minimum absolute atomic E-state index is 0.351. The Hall–Kier alpha value is -2.38. The number of benzene rings is 1. The second-order valence-corrected chi connectivity index (χ2v) is 7.54. The van der Waals surface area contributed by atoms with Gasteiger partial charge in [0.2, 0.25) is 0 Å². The van der Waals surface area contributed by atoms with E-state index in [1.807, 2.05) is 43.5 Å². The Morgan fingerprint density at radius 1 is 1.12 bits per heavy atom. The zero-order valence-electron chi connectivity index (χ0n) is 13.6. The van der Waals surface area contributed by atoms with Crippen molar-refractivity contribution in [3.63, 3.8) is 0 Å². The summed E-state index contributed by atoms with van der Waals surface area (Å²) >= 11 is 2.96. The number of rotatable bonds is 4. The number of thioether (sulfide) groups is 1. The van der Waals surface area contributed by atoms with E-state index in [2.05, 4.69) is 10.2 Å². The van der Waals surface area contributed by atoms with E-state index >= 15 is 0 Å². The van der Waals surface area contributed by atoms with Gasteiger partial charge in [-0.05, 0) is 54.1 Å². The Kier molecular flexibility index (Phi) is 4.19. The van der Waals surface area contributed by atoms with E-state index in [-0.39, 0.29) is 5.63 Å². The van der Waals surface area contributed by atoms with E-state index in [4.69, 9.17) is 8.83 Å². The summed E-state index contributed by atoms with van der Waals surface area (Å²) in [5.74, 6) is 1.07. The smallest absolute Gasteiger partial charge is 0.336 e. The Balaban J connectivity index is 1.63. The highest BCUT2D eigenvalue weighted by Gasteiger charge is 2.12. The van der Waals surface area contributed by atoms with Crippen LogP contribution in [-0.2, 0) is 5.75 Å². The number of nitrogens with zero attached hydrogens (tertiary/aromatic N) is 2. The van der Waals surface area contributed by atoms with Crippen molar-refractivity contribution >= 4 is 34.1 Å². The lowest BCUT2D eigenvalue weighted by Crippen LogP contribution is -2.00. The second kappa shape index (κ2) is 6.50. The van der Waals surface area contributed by atoms with Crippen molar-refractivity contribution in [2.24, 2.45) is 0 Å². The summed E-state index contributed by atoms with van der Waals surface area (Å²) in [4.78, 5) is 12.8. The van der Waals surface area contributed by atoms with Crippen LogP contribution in [0.15, 0.2) is 54.6 Å². The first-order valence-corrected chi connectivity index (χ1v) is 9.51. The van der Waals surface area contributed by atoms with Crippen LogP contribution >= 0.6 is 23.1 Å². The van der Waals surface area contributed by atoms with Gasteiger partial charge in [-0.2, -0.15) is 0 Å². The normalized spacial score (nSPS) is 11.3. The fourth-order valence-corrected chi connectivity index (χ4v) is 3.91. The van der Waals surface area contributed by atoms with E-state index in [0.717, 1.165) is 27.0 Å². The maximum Gasteiger partial charge on any atom is 0.336 e. The fourth-order valence-electron chi connectivity index (χ4n) is 2.51. The average molecular weight is 370 g/mol. The first-order chi connectivity index (χ1) is 12.1. The molecule has 3 aromatic heterocycles. The van der Waals surface area contributed by atoms with E-state index in [0.29, 0.717) is 22.4 Å². The van der Waals surface area contributed by atoms with Crippen LogP contribution in [-0.4, -0.2) is 10.2 Å². The van der Waals surface area contributed by atoms with Gasteiger partial charge < -0.3 is 8.83 Å². The number of hydrogen-bond donors (Lipinski definition) is 0. The molecule has 0 aliphatic heterocycles. The molecule has 0 fully saturated rings. The molecule has 7 heteroatoms. The summed E-state index contributed by atoms with van der Waals surface area (Å²) in [5, 5.41) is 11.5. The molecule has 0 aliphatic rings. The van der Waals surface area contributed by atoms with Gasteiger partial charge in [0.25, 0.3) is 11.1 Å². The summed E-state index contributed by atoms with van der Waals surface area (Å²) in [5.41, 5.74) is 3.41. The SMILES string of the molecule is Cc1cc2oc(=O)cc(CSc3nnc(-c4cccs4)o3)c2cc1C. The van der Waals surface area contributed by atoms with Crippen molar-refractivity contribution in [3.8, 4) is 10.8 Å². The number of aromatic nitrogens is 2. The third kappa shape index (κ3) is 3.25. The molecule has 0 radical (unpaired) electrons. The van der Waals surface area contributed by atoms with E-state index < -0.39 is 0 Å². The topological polar surface area (TPSA) is 69.1 Å². The van der Waals surface area contributed by atoms with Crippen molar-refractivity contribution in [1.82, 2.24) is 10.2 Å². The molecule has 3 heterocycles. The largest absolute Gasteiger partial charge is 0.423 e. The lowest BCUT2D eigenvalue weighted by atomic mass is 10.0. The van der Waals surface area contributed by atoms with Gasteiger partial charge in [0, 0.05) is 17.2 Å². The highest BCUT2D eigenvalue weighted by atomic mass is 32.2. The minimum atomic E-state index is -0.351. The summed E-state index contributed by atoms with van der Waals surface area (Å²) in [6.07, 6.45) is 0. The molecule has 0 N–H and O–H groups in total. The zero-order valence-corrected chi connectivity index (χ0v) is 15.2. The van der Waals surface area contributed by atoms with Crippen LogP contribution in [0.5, 0.6) is 0 Å². The van der Waals surface area contributed by atoms with E-state index in [1.54, 1.807) is 11.3 Å². The van der Waals surface area contributed by atoms with Crippen LogP contribution in [0.1, 0.15) is 16.7 Å². The summed E-state index contributed by atoms with van der Waals surface area (Å²) in [6, 6.07) is 9.36. The van der Waals surface area contributed by atoms with Crippen LogP contribution in [0, 0.1) is 13.8 Å². The monoisotopic (exact) mass is 370 g/mol. The van der Waals surface area contributed by atoms with Gasteiger partial charge in [-0.25, -0.2) is 4.79 Å². The number of thiophene rings is 1. The standard InChI is InChI=1S/C18H14N2O3S2/c1-10-6-13-12(8-16(21)22-14(13)7-11(10)2)9-25-18-20-19-17(23-18)15-4-3-5-24-15/h3-8H,9H2,1-2H3. The third-order valence-corrected chi connectivity index (χ3v) is 5.66. The maximum atomic E-state index is 11.8. The van der Waals surface area contributed by atoms with Gasteiger partial charge in [0.05, 0.1) is 4.88 Å². The third-order valence-electron chi connectivity index (χ3n) is 3.93. The molecule has 5 nitrogen and oxygen atoms in total. The molecular formula is C18H14N2O3S2. The molecule has 0 bridgehead atoms. The van der Waals surface area contributed by atoms with Crippen LogP contribution in [0.3, 0.4) is 0 Å². The molecule has 1 aromatic carbocycles. The van der Waals surface area contributed by atoms with Crippen molar-refractivity contribution in [2.45, 2.75) is 24.8 Å². The first-order valence-electron chi connectivity index (χ1n) is 7.64. The second-order valence-electron chi connectivity index (χ2n) is 5.66. The van der Waals surface area contributed by atoms with Gasteiger partial charge in [0.15, 0.2) is 0 Å². The quantitative estimate of drug-likeness (QED) is 0.379. The van der Waals surface area contributed by atoms with Crippen molar-refractivity contribution in [3.05, 3.63) is 62.8 Å². The van der Waals surface area contributed by atoms with Crippen molar-refractivity contribution in [1.29, 1.82) is 0 Å². The molecule has 0 unspecified atom stereocenters. The molecule has 0 amide bonds. The van der Waals surface area contributed by atoms with E-state index in [9.17, 15) is 4.79 Å². The molecule has 126 valence electrons. The lowest BCUT2D eigenvalue weighted by Gasteiger charge is -2.07. The first kappa shape index (κ1) is 16.1. The minimum Gasteiger partial charge on any atom is -0.423 e. The van der Waals surface area contributed by atoms with Gasteiger partial charge in [-0.15, -0.1) is 21.5 Å². The molecule has 0 spiro atoms. The molecule has 4 rings (SSSR count). The predicted octanol–water partition coefficient (Wildman–Crippen LogP) is 4.81. The van der Waals surface area contributed by atoms with E-state index in [1.165, 1.54) is 17.8 Å². The lowest BCUT2D eigenvalue weighted by molar-refractivity contribution is 0.466. The van der Waals surface area contributed by atoms with Crippen LogP contribution in [0.4, 0.5) is 0 Å². The van der Waals surface area contributed by atoms with Crippen LogP contribution in [0.2, 0.25) is 0 Å². The summed E-state index contributed by atoms with van der Waals surface area (Å²) in [6.45, 7) is 4.04.